The lowest BCUT2D eigenvalue weighted by atomic mass is 10.1. The van der Waals surface area contributed by atoms with Gasteiger partial charge in [-0.25, -0.2) is 22.5 Å². The Morgan fingerprint density at radius 2 is 1.90 bits per heavy atom. The number of hydrogen-bond acceptors (Lipinski definition) is 4. The topological polar surface area (TPSA) is 93.1 Å². The quantitative estimate of drug-likeness (QED) is 0.590. The first kappa shape index (κ1) is 20.7. The molecule has 0 aliphatic rings. The van der Waals surface area contributed by atoms with Gasteiger partial charge in [0.05, 0.1) is 12.4 Å². The van der Waals surface area contributed by atoms with E-state index in [0.717, 1.165) is 17.3 Å². The highest BCUT2D eigenvalue weighted by Crippen LogP contribution is 2.16. The molecule has 0 aliphatic carbocycles. The highest BCUT2D eigenvalue weighted by Gasteiger charge is 2.18. The number of nitrogens with zero attached hydrogens (tertiary/aromatic N) is 2. The third-order valence-corrected chi connectivity index (χ3v) is 5.84. The monoisotopic (exact) mass is 416 g/mol. The second-order valence-corrected chi connectivity index (χ2v) is 8.16. The zero-order chi connectivity index (χ0) is 20.9. The number of halogens is 1. The third kappa shape index (κ3) is 5.27. The van der Waals surface area contributed by atoms with Crippen LogP contribution in [-0.4, -0.2) is 30.4 Å². The van der Waals surface area contributed by atoms with Gasteiger partial charge in [0, 0.05) is 31.0 Å². The molecule has 0 saturated heterocycles. The van der Waals surface area contributed by atoms with Crippen LogP contribution in [0.2, 0.25) is 0 Å². The first-order valence-corrected chi connectivity index (χ1v) is 10.5. The van der Waals surface area contributed by atoms with Gasteiger partial charge in [0.15, 0.2) is 0 Å². The van der Waals surface area contributed by atoms with Gasteiger partial charge in [-0.15, -0.1) is 0 Å². The Bertz CT molecular complexity index is 1070. The van der Waals surface area contributed by atoms with E-state index in [0.29, 0.717) is 0 Å². The van der Waals surface area contributed by atoms with Crippen molar-refractivity contribution < 1.29 is 17.6 Å². The molecule has 2 aromatic carbocycles. The fraction of sp³-hybridized carbons (Fsp3) is 0.200. The SMILES string of the molecule is C[C@H](NC(=O)CCNS(=O)(=O)c1ccccc1F)c1ccc(-n2ccnc2)cc1. The van der Waals surface area contributed by atoms with E-state index in [2.05, 4.69) is 15.0 Å². The molecule has 0 spiro atoms. The van der Waals surface area contributed by atoms with Gasteiger partial charge in [0.1, 0.15) is 10.7 Å². The van der Waals surface area contributed by atoms with E-state index in [1.54, 1.807) is 12.5 Å². The highest BCUT2D eigenvalue weighted by molar-refractivity contribution is 7.89. The number of rotatable bonds is 8. The number of carbonyl (C=O) groups excluding carboxylic acids is 1. The van der Waals surface area contributed by atoms with Crippen molar-refractivity contribution in [3.05, 3.63) is 78.6 Å². The van der Waals surface area contributed by atoms with Crippen LogP contribution in [0, 0.1) is 5.82 Å². The van der Waals surface area contributed by atoms with Gasteiger partial charge >= 0.3 is 0 Å². The predicted molar refractivity (Wildman–Crippen MR) is 106 cm³/mol. The predicted octanol–water partition coefficient (Wildman–Crippen LogP) is 2.56. The maximum absolute atomic E-state index is 13.6. The lowest BCUT2D eigenvalue weighted by Gasteiger charge is -2.15. The molecule has 0 saturated carbocycles. The zero-order valence-electron chi connectivity index (χ0n) is 15.7. The Morgan fingerprint density at radius 1 is 1.17 bits per heavy atom. The fourth-order valence-corrected chi connectivity index (χ4v) is 3.89. The summed E-state index contributed by atoms with van der Waals surface area (Å²) in [5.41, 5.74) is 1.86. The zero-order valence-corrected chi connectivity index (χ0v) is 16.6. The standard InChI is InChI=1S/C20H21FN4O3S/c1-15(16-6-8-17(9-7-16)25-13-12-22-14-25)24-20(26)10-11-23-29(27,28)19-5-3-2-4-18(19)21/h2-9,12-15,23H,10-11H2,1H3,(H,24,26)/t15-/m0/s1. The molecule has 2 N–H and O–H groups in total. The molecule has 1 aromatic heterocycles. The Morgan fingerprint density at radius 3 is 2.55 bits per heavy atom. The lowest BCUT2D eigenvalue weighted by molar-refractivity contribution is -0.121. The summed E-state index contributed by atoms with van der Waals surface area (Å²) < 4.78 is 42.0. The molecular formula is C20H21FN4O3S. The highest BCUT2D eigenvalue weighted by atomic mass is 32.2. The van der Waals surface area contributed by atoms with E-state index < -0.39 is 20.7 Å². The molecular weight excluding hydrogens is 395 g/mol. The number of nitrogens with one attached hydrogen (secondary N) is 2. The molecule has 152 valence electrons. The molecule has 0 bridgehead atoms. The number of sulfonamides is 1. The van der Waals surface area contributed by atoms with Crippen molar-refractivity contribution in [2.45, 2.75) is 24.3 Å². The first-order chi connectivity index (χ1) is 13.9. The lowest BCUT2D eigenvalue weighted by Crippen LogP contribution is -2.32. The van der Waals surface area contributed by atoms with Crippen LogP contribution in [0.25, 0.3) is 5.69 Å². The van der Waals surface area contributed by atoms with Crippen molar-refractivity contribution in [1.82, 2.24) is 19.6 Å². The van der Waals surface area contributed by atoms with Crippen LogP contribution < -0.4 is 10.0 Å². The minimum atomic E-state index is -4.01. The second-order valence-electron chi connectivity index (χ2n) is 6.43. The summed E-state index contributed by atoms with van der Waals surface area (Å²) in [7, 11) is -4.01. The minimum absolute atomic E-state index is 0.0643. The van der Waals surface area contributed by atoms with Gasteiger partial charge in [-0.1, -0.05) is 24.3 Å². The summed E-state index contributed by atoms with van der Waals surface area (Å²) in [6.45, 7) is 1.71. The Hall–Kier alpha value is -3.04. The molecule has 3 rings (SSSR count). The van der Waals surface area contributed by atoms with Crippen LogP contribution in [0.1, 0.15) is 24.9 Å². The van der Waals surface area contributed by atoms with E-state index in [1.165, 1.54) is 18.2 Å². The molecule has 0 radical (unpaired) electrons. The summed E-state index contributed by atoms with van der Waals surface area (Å²) >= 11 is 0. The van der Waals surface area contributed by atoms with Crippen molar-refractivity contribution in [1.29, 1.82) is 0 Å². The van der Waals surface area contributed by atoms with Gasteiger partial charge in [0.25, 0.3) is 0 Å². The Labute approximate surface area is 168 Å². The molecule has 0 unspecified atom stereocenters. The number of benzene rings is 2. The number of carbonyl (C=O) groups is 1. The average Bonchev–Trinajstić information content (AvgIpc) is 3.23. The van der Waals surface area contributed by atoms with Crippen molar-refractivity contribution in [3.63, 3.8) is 0 Å². The summed E-state index contributed by atoms with van der Waals surface area (Å²) in [6, 6.07) is 12.5. The van der Waals surface area contributed by atoms with E-state index in [1.807, 2.05) is 42.0 Å². The van der Waals surface area contributed by atoms with Crippen LogP contribution in [-0.2, 0) is 14.8 Å². The third-order valence-electron chi connectivity index (χ3n) is 4.34. The summed E-state index contributed by atoms with van der Waals surface area (Å²) in [6.07, 6.45) is 5.16. The van der Waals surface area contributed by atoms with Gasteiger partial charge in [0.2, 0.25) is 15.9 Å². The van der Waals surface area contributed by atoms with Gasteiger partial charge in [-0.2, -0.15) is 0 Å². The fourth-order valence-electron chi connectivity index (χ4n) is 2.78. The minimum Gasteiger partial charge on any atom is -0.350 e. The molecule has 7 nitrogen and oxygen atoms in total. The molecule has 3 aromatic rings. The normalized spacial score (nSPS) is 12.5. The summed E-state index contributed by atoms with van der Waals surface area (Å²) in [5, 5.41) is 2.82. The maximum atomic E-state index is 13.6. The first-order valence-electron chi connectivity index (χ1n) is 8.98. The smallest absolute Gasteiger partial charge is 0.243 e. The van der Waals surface area contributed by atoms with Crippen molar-refractivity contribution >= 4 is 15.9 Å². The van der Waals surface area contributed by atoms with Crippen LogP contribution in [0.3, 0.4) is 0 Å². The van der Waals surface area contributed by atoms with Crippen LogP contribution >= 0.6 is 0 Å². The van der Waals surface area contributed by atoms with Crippen LogP contribution in [0.5, 0.6) is 0 Å². The number of aromatic nitrogens is 2. The second kappa shape index (κ2) is 8.97. The van der Waals surface area contributed by atoms with Crippen molar-refractivity contribution in [2.75, 3.05) is 6.54 Å². The molecule has 1 heterocycles. The van der Waals surface area contributed by atoms with Gasteiger partial charge < -0.3 is 9.88 Å². The van der Waals surface area contributed by atoms with Gasteiger partial charge in [-0.05, 0) is 36.8 Å². The largest absolute Gasteiger partial charge is 0.350 e. The molecule has 0 fully saturated rings. The number of imidazole rings is 1. The van der Waals surface area contributed by atoms with Crippen molar-refractivity contribution in [3.8, 4) is 5.69 Å². The Balaban J connectivity index is 1.51. The average molecular weight is 416 g/mol. The number of hydrogen-bond donors (Lipinski definition) is 2. The number of amides is 1. The molecule has 29 heavy (non-hydrogen) atoms. The molecule has 0 aliphatic heterocycles. The van der Waals surface area contributed by atoms with E-state index in [9.17, 15) is 17.6 Å². The molecule has 1 atom stereocenters. The molecule has 9 heteroatoms. The summed E-state index contributed by atoms with van der Waals surface area (Å²) in [5.74, 6) is -1.15. The Kier molecular flexibility index (Phi) is 6.40. The van der Waals surface area contributed by atoms with Crippen molar-refractivity contribution in [2.24, 2.45) is 0 Å². The molecule has 1 amide bonds. The van der Waals surface area contributed by atoms with Crippen LogP contribution in [0.4, 0.5) is 4.39 Å². The van der Waals surface area contributed by atoms with E-state index >= 15 is 0 Å². The van der Waals surface area contributed by atoms with E-state index in [-0.39, 0.29) is 24.9 Å². The summed E-state index contributed by atoms with van der Waals surface area (Å²) in [4.78, 5) is 15.7. The van der Waals surface area contributed by atoms with Gasteiger partial charge in [-0.3, -0.25) is 4.79 Å². The van der Waals surface area contributed by atoms with Crippen LogP contribution in [0.15, 0.2) is 72.1 Å². The maximum Gasteiger partial charge on any atom is 0.243 e. The van der Waals surface area contributed by atoms with E-state index in [4.69, 9.17) is 0 Å².